The van der Waals surface area contributed by atoms with Crippen LogP contribution in [0.4, 0.5) is 10.7 Å². The van der Waals surface area contributed by atoms with E-state index in [9.17, 15) is 4.79 Å². The van der Waals surface area contributed by atoms with Crippen molar-refractivity contribution in [3.63, 3.8) is 0 Å². The van der Waals surface area contributed by atoms with Gasteiger partial charge in [0, 0.05) is 8.95 Å². The number of nitrogens with one attached hydrogen (secondary N) is 1. The number of carboxylic acids is 1. The number of aromatic nitrogens is 1. The Hall–Kier alpha value is -0.920. The first kappa shape index (κ1) is 13.5. The van der Waals surface area contributed by atoms with Gasteiger partial charge in [-0.25, -0.2) is 9.78 Å². The topological polar surface area (TPSA) is 62.2 Å². The standard InChI is InChI=1S/C11H8Br2N2O2S/c1-5-2-6(12)8(7(13)3-5)15-10-9(11(16)17)14-4-18-10/h2-4,15H,1H3,(H,16,17). The van der Waals surface area contributed by atoms with Gasteiger partial charge >= 0.3 is 5.97 Å². The summed E-state index contributed by atoms with van der Waals surface area (Å²) in [6, 6.07) is 3.91. The molecule has 0 saturated carbocycles. The van der Waals surface area contributed by atoms with Crippen LogP contribution in [0.1, 0.15) is 16.1 Å². The van der Waals surface area contributed by atoms with Gasteiger partial charge in [-0.1, -0.05) is 0 Å². The van der Waals surface area contributed by atoms with E-state index in [-0.39, 0.29) is 5.69 Å². The van der Waals surface area contributed by atoms with Crippen LogP contribution < -0.4 is 5.32 Å². The second kappa shape index (κ2) is 5.38. The molecule has 94 valence electrons. The highest BCUT2D eigenvalue weighted by atomic mass is 79.9. The van der Waals surface area contributed by atoms with E-state index in [0.29, 0.717) is 5.00 Å². The molecule has 0 amide bonds. The molecule has 0 aliphatic carbocycles. The third kappa shape index (κ3) is 2.73. The molecule has 7 heteroatoms. The van der Waals surface area contributed by atoms with Crippen molar-refractivity contribution in [3.05, 3.63) is 37.8 Å². The maximum Gasteiger partial charge on any atom is 0.357 e. The summed E-state index contributed by atoms with van der Waals surface area (Å²) >= 11 is 8.15. The molecule has 0 unspecified atom stereocenters. The number of nitrogens with zero attached hydrogens (tertiary/aromatic N) is 1. The third-order valence-electron chi connectivity index (χ3n) is 2.19. The third-order valence-corrected chi connectivity index (χ3v) is 4.19. The minimum atomic E-state index is -1.04. The van der Waals surface area contributed by atoms with E-state index in [1.54, 1.807) is 0 Å². The fourth-order valence-corrected chi connectivity index (χ4v) is 3.71. The molecule has 1 heterocycles. The number of aromatic carboxylic acids is 1. The molecule has 0 atom stereocenters. The first-order valence-electron chi connectivity index (χ1n) is 4.88. The van der Waals surface area contributed by atoms with E-state index in [4.69, 9.17) is 5.11 Å². The Balaban J connectivity index is 2.40. The van der Waals surface area contributed by atoms with Crippen LogP contribution in [-0.4, -0.2) is 16.1 Å². The minimum absolute atomic E-state index is 0.0272. The van der Waals surface area contributed by atoms with E-state index in [1.165, 1.54) is 16.8 Å². The molecule has 2 N–H and O–H groups in total. The fraction of sp³-hybridized carbons (Fsp3) is 0.0909. The van der Waals surface area contributed by atoms with Crippen molar-refractivity contribution < 1.29 is 9.90 Å². The van der Waals surface area contributed by atoms with E-state index in [2.05, 4.69) is 42.2 Å². The lowest BCUT2D eigenvalue weighted by atomic mass is 10.2. The van der Waals surface area contributed by atoms with Gasteiger partial charge in [-0.3, -0.25) is 0 Å². The highest BCUT2D eigenvalue weighted by Gasteiger charge is 2.15. The van der Waals surface area contributed by atoms with E-state index in [0.717, 1.165) is 20.2 Å². The molecule has 18 heavy (non-hydrogen) atoms. The average molecular weight is 392 g/mol. The number of carbonyl (C=O) groups is 1. The molecular formula is C11H8Br2N2O2S. The monoisotopic (exact) mass is 390 g/mol. The second-order valence-corrected chi connectivity index (χ2v) is 6.13. The normalized spacial score (nSPS) is 10.4. The molecule has 0 aliphatic heterocycles. The van der Waals surface area contributed by atoms with Crippen molar-refractivity contribution in [2.24, 2.45) is 0 Å². The number of carboxylic acid groups (broad SMARTS) is 1. The summed E-state index contributed by atoms with van der Waals surface area (Å²) in [4.78, 5) is 14.8. The number of aryl methyl sites for hydroxylation is 1. The number of anilines is 2. The number of benzene rings is 1. The Morgan fingerprint density at radius 1 is 1.39 bits per heavy atom. The molecule has 0 radical (unpaired) electrons. The number of halogens is 2. The van der Waals surface area contributed by atoms with Crippen LogP contribution in [0.2, 0.25) is 0 Å². The lowest BCUT2D eigenvalue weighted by molar-refractivity contribution is 0.0692. The Bertz CT molecular complexity index is 590. The van der Waals surface area contributed by atoms with Crippen LogP contribution in [0, 0.1) is 6.92 Å². The van der Waals surface area contributed by atoms with Gasteiger partial charge in [-0.2, -0.15) is 0 Å². The van der Waals surface area contributed by atoms with Crippen LogP contribution in [0.5, 0.6) is 0 Å². The lowest BCUT2D eigenvalue weighted by Gasteiger charge is -2.10. The van der Waals surface area contributed by atoms with Crippen molar-refractivity contribution >= 4 is 59.9 Å². The zero-order valence-corrected chi connectivity index (χ0v) is 13.2. The minimum Gasteiger partial charge on any atom is -0.476 e. The van der Waals surface area contributed by atoms with Gasteiger partial charge in [0.1, 0.15) is 5.00 Å². The summed E-state index contributed by atoms with van der Waals surface area (Å²) in [6.07, 6.45) is 0. The number of hydrogen-bond donors (Lipinski definition) is 2. The molecule has 0 fully saturated rings. The summed E-state index contributed by atoms with van der Waals surface area (Å²) in [5.41, 5.74) is 3.41. The van der Waals surface area contributed by atoms with Gasteiger partial charge in [0.05, 0.1) is 11.2 Å². The van der Waals surface area contributed by atoms with Gasteiger partial charge in [-0.15, -0.1) is 11.3 Å². The molecule has 0 aliphatic rings. The van der Waals surface area contributed by atoms with Gasteiger partial charge in [0.2, 0.25) is 0 Å². The average Bonchev–Trinajstić information content (AvgIpc) is 2.71. The fourth-order valence-electron chi connectivity index (χ4n) is 1.42. The molecular weight excluding hydrogens is 384 g/mol. The zero-order chi connectivity index (χ0) is 13.3. The van der Waals surface area contributed by atoms with Crippen molar-refractivity contribution in [3.8, 4) is 0 Å². The number of rotatable bonds is 3. The smallest absolute Gasteiger partial charge is 0.357 e. The molecule has 2 aromatic rings. The molecule has 0 bridgehead atoms. The predicted molar refractivity (Wildman–Crippen MR) is 78.9 cm³/mol. The summed E-state index contributed by atoms with van der Waals surface area (Å²) in [5.74, 6) is -1.04. The largest absolute Gasteiger partial charge is 0.476 e. The Morgan fingerprint density at radius 2 is 2.00 bits per heavy atom. The van der Waals surface area contributed by atoms with Crippen molar-refractivity contribution in [2.45, 2.75) is 6.92 Å². The highest BCUT2D eigenvalue weighted by molar-refractivity contribution is 9.11. The van der Waals surface area contributed by atoms with Crippen LogP contribution in [0.25, 0.3) is 0 Å². The molecule has 4 nitrogen and oxygen atoms in total. The summed E-state index contributed by atoms with van der Waals surface area (Å²) < 4.78 is 1.72. The van der Waals surface area contributed by atoms with Crippen LogP contribution >= 0.6 is 43.2 Å². The maximum absolute atomic E-state index is 11.0. The summed E-state index contributed by atoms with van der Waals surface area (Å²) in [6.45, 7) is 1.98. The molecule has 1 aromatic carbocycles. The molecule has 0 saturated heterocycles. The summed E-state index contributed by atoms with van der Waals surface area (Å²) in [7, 11) is 0. The summed E-state index contributed by atoms with van der Waals surface area (Å²) in [5, 5.41) is 12.6. The molecule has 2 rings (SSSR count). The maximum atomic E-state index is 11.0. The quantitative estimate of drug-likeness (QED) is 0.812. The van der Waals surface area contributed by atoms with Crippen LogP contribution in [0.3, 0.4) is 0 Å². The first-order valence-corrected chi connectivity index (χ1v) is 7.35. The Morgan fingerprint density at radius 3 is 2.56 bits per heavy atom. The second-order valence-electron chi connectivity index (χ2n) is 3.56. The first-order chi connectivity index (χ1) is 8.49. The van der Waals surface area contributed by atoms with E-state index >= 15 is 0 Å². The molecule has 0 spiro atoms. The van der Waals surface area contributed by atoms with Crippen LogP contribution in [0.15, 0.2) is 26.6 Å². The Labute approximate surface area is 124 Å². The predicted octanol–water partition coefficient (Wildman–Crippen LogP) is 4.42. The van der Waals surface area contributed by atoms with Gasteiger partial charge in [0.25, 0.3) is 0 Å². The van der Waals surface area contributed by atoms with E-state index < -0.39 is 5.97 Å². The van der Waals surface area contributed by atoms with Crippen molar-refractivity contribution in [1.82, 2.24) is 4.98 Å². The van der Waals surface area contributed by atoms with Crippen molar-refractivity contribution in [2.75, 3.05) is 5.32 Å². The van der Waals surface area contributed by atoms with Gasteiger partial charge < -0.3 is 10.4 Å². The molecule has 1 aromatic heterocycles. The Kier molecular flexibility index (Phi) is 4.04. The van der Waals surface area contributed by atoms with Gasteiger partial charge in [0.15, 0.2) is 5.69 Å². The van der Waals surface area contributed by atoms with Gasteiger partial charge in [-0.05, 0) is 56.5 Å². The van der Waals surface area contributed by atoms with Crippen molar-refractivity contribution in [1.29, 1.82) is 0 Å². The van der Waals surface area contributed by atoms with E-state index in [1.807, 2.05) is 19.1 Å². The zero-order valence-electron chi connectivity index (χ0n) is 9.20. The number of thiazole rings is 1. The van der Waals surface area contributed by atoms with Crippen LogP contribution in [-0.2, 0) is 0 Å². The lowest BCUT2D eigenvalue weighted by Crippen LogP contribution is -2.01. The highest BCUT2D eigenvalue weighted by Crippen LogP contribution is 2.36. The SMILES string of the molecule is Cc1cc(Br)c(Nc2scnc2C(=O)O)c(Br)c1. The number of hydrogen-bond acceptors (Lipinski definition) is 4.